The number of nitrogens with zero attached hydrogens (tertiary/aromatic N) is 1. The highest BCUT2D eigenvalue weighted by Crippen LogP contribution is 2.30. The van der Waals surface area contributed by atoms with Crippen LogP contribution in [0.25, 0.3) is 0 Å². The Morgan fingerprint density at radius 2 is 1.89 bits per heavy atom. The zero-order valence-electron chi connectivity index (χ0n) is 16.5. The zero-order valence-corrected chi connectivity index (χ0v) is 16.5. The lowest BCUT2D eigenvalue weighted by Gasteiger charge is -2.14. The van der Waals surface area contributed by atoms with Gasteiger partial charge in [-0.05, 0) is 49.6 Å². The summed E-state index contributed by atoms with van der Waals surface area (Å²) >= 11 is 0. The third-order valence-corrected chi connectivity index (χ3v) is 4.02. The Morgan fingerprint density at radius 1 is 1.04 bits per heavy atom. The maximum atomic E-state index is 5.54. The van der Waals surface area contributed by atoms with Gasteiger partial charge in [0.25, 0.3) is 0 Å². The van der Waals surface area contributed by atoms with Crippen molar-refractivity contribution in [2.75, 3.05) is 39.7 Å². The highest BCUT2D eigenvalue weighted by molar-refractivity contribution is 5.93. The highest BCUT2D eigenvalue weighted by atomic mass is 16.5. The minimum atomic E-state index is 0.597. The number of rotatable bonds is 9. The number of ether oxygens (including phenoxy) is 3. The van der Waals surface area contributed by atoms with Crippen molar-refractivity contribution in [2.45, 2.75) is 19.8 Å². The minimum Gasteiger partial charge on any atom is -0.497 e. The molecule has 6 heteroatoms. The first-order valence-electron chi connectivity index (χ1n) is 9.11. The van der Waals surface area contributed by atoms with Gasteiger partial charge in [0.2, 0.25) is 0 Å². The van der Waals surface area contributed by atoms with Crippen molar-refractivity contribution in [3.05, 3.63) is 48.0 Å². The molecular formula is C21H29N3O3. The van der Waals surface area contributed by atoms with Crippen molar-refractivity contribution >= 4 is 11.6 Å². The van der Waals surface area contributed by atoms with E-state index in [-0.39, 0.29) is 0 Å². The van der Waals surface area contributed by atoms with E-state index in [0.29, 0.717) is 18.3 Å². The van der Waals surface area contributed by atoms with E-state index in [4.69, 9.17) is 14.2 Å². The number of aryl methyl sites for hydroxylation is 1. The topological polar surface area (TPSA) is 64.1 Å². The van der Waals surface area contributed by atoms with Crippen LogP contribution in [0, 0.1) is 0 Å². The fourth-order valence-corrected chi connectivity index (χ4v) is 2.66. The quantitative estimate of drug-likeness (QED) is 0.400. The number of nitrogens with one attached hydrogen (secondary N) is 2. The van der Waals surface area contributed by atoms with Gasteiger partial charge < -0.3 is 24.8 Å². The Morgan fingerprint density at radius 3 is 2.59 bits per heavy atom. The van der Waals surface area contributed by atoms with E-state index in [9.17, 15) is 0 Å². The van der Waals surface area contributed by atoms with Gasteiger partial charge in [-0.2, -0.15) is 0 Å². The van der Waals surface area contributed by atoms with Crippen molar-refractivity contribution in [2.24, 2.45) is 4.99 Å². The highest BCUT2D eigenvalue weighted by Gasteiger charge is 2.07. The summed E-state index contributed by atoms with van der Waals surface area (Å²) in [4.78, 5) is 4.27. The normalized spacial score (nSPS) is 11.0. The lowest BCUT2D eigenvalue weighted by molar-refractivity contribution is 0.311. The Kier molecular flexibility index (Phi) is 8.29. The van der Waals surface area contributed by atoms with Crippen molar-refractivity contribution < 1.29 is 14.2 Å². The van der Waals surface area contributed by atoms with Crippen LogP contribution in [0.15, 0.2) is 47.5 Å². The molecule has 0 heterocycles. The van der Waals surface area contributed by atoms with E-state index in [1.54, 1.807) is 21.3 Å². The molecule has 2 aromatic carbocycles. The standard InChI is InChI=1S/C21H29N3O3/c1-5-27-19-12-11-17(15-20(19)26-4)24-21(22-2)23-13-7-9-16-8-6-10-18(14-16)25-3/h6,8,10-12,14-15H,5,7,9,13H2,1-4H3,(H2,22,23,24). The molecule has 0 aromatic heterocycles. The maximum Gasteiger partial charge on any atom is 0.195 e. The number of methoxy groups -OCH3 is 2. The van der Waals surface area contributed by atoms with E-state index in [2.05, 4.69) is 27.8 Å². The van der Waals surface area contributed by atoms with Crippen LogP contribution in [0.4, 0.5) is 5.69 Å². The van der Waals surface area contributed by atoms with Crippen molar-refractivity contribution in [3.8, 4) is 17.2 Å². The van der Waals surface area contributed by atoms with Gasteiger partial charge in [0, 0.05) is 25.3 Å². The van der Waals surface area contributed by atoms with E-state index in [0.717, 1.165) is 36.6 Å². The second-order valence-electron chi connectivity index (χ2n) is 5.88. The smallest absolute Gasteiger partial charge is 0.195 e. The average molecular weight is 371 g/mol. The summed E-state index contributed by atoms with van der Waals surface area (Å²) < 4.78 is 16.2. The molecule has 0 atom stereocenters. The third-order valence-electron chi connectivity index (χ3n) is 4.02. The molecule has 2 rings (SSSR count). The average Bonchev–Trinajstić information content (AvgIpc) is 2.71. The summed E-state index contributed by atoms with van der Waals surface area (Å²) in [5.41, 5.74) is 2.14. The molecule has 2 aromatic rings. The van der Waals surface area contributed by atoms with Crippen LogP contribution < -0.4 is 24.8 Å². The van der Waals surface area contributed by atoms with Crippen molar-refractivity contribution in [1.29, 1.82) is 0 Å². The third kappa shape index (κ3) is 6.40. The molecule has 27 heavy (non-hydrogen) atoms. The second kappa shape index (κ2) is 11.0. The van der Waals surface area contributed by atoms with Gasteiger partial charge in [0.05, 0.1) is 20.8 Å². The molecule has 6 nitrogen and oxygen atoms in total. The Labute approximate surface area is 161 Å². The largest absolute Gasteiger partial charge is 0.497 e. The summed E-state index contributed by atoms with van der Waals surface area (Å²) in [5.74, 6) is 3.02. The van der Waals surface area contributed by atoms with E-state index in [1.807, 2.05) is 37.3 Å². The van der Waals surface area contributed by atoms with E-state index in [1.165, 1.54) is 5.56 Å². The van der Waals surface area contributed by atoms with Crippen LogP contribution in [-0.2, 0) is 6.42 Å². The molecule has 0 spiro atoms. The predicted molar refractivity (Wildman–Crippen MR) is 110 cm³/mol. The fraction of sp³-hybridized carbons (Fsp3) is 0.381. The maximum absolute atomic E-state index is 5.54. The fourth-order valence-electron chi connectivity index (χ4n) is 2.66. The van der Waals surface area contributed by atoms with Crippen molar-refractivity contribution in [1.82, 2.24) is 5.32 Å². The lowest BCUT2D eigenvalue weighted by Crippen LogP contribution is -2.31. The summed E-state index contributed by atoms with van der Waals surface area (Å²) in [6, 6.07) is 13.9. The Hall–Kier alpha value is -2.89. The SMILES string of the molecule is CCOc1ccc(NC(=NC)NCCCc2cccc(OC)c2)cc1OC. The molecule has 0 aliphatic rings. The minimum absolute atomic E-state index is 0.597. The molecule has 146 valence electrons. The van der Waals surface area contributed by atoms with Gasteiger partial charge in [-0.25, -0.2) is 0 Å². The molecule has 0 aliphatic carbocycles. The number of guanidine groups is 1. The molecule has 0 radical (unpaired) electrons. The number of hydrogen-bond acceptors (Lipinski definition) is 4. The van der Waals surface area contributed by atoms with Crippen LogP contribution in [0.1, 0.15) is 18.9 Å². The first kappa shape index (κ1) is 20.4. The van der Waals surface area contributed by atoms with E-state index >= 15 is 0 Å². The molecule has 0 saturated heterocycles. The molecule has 0 bridgehead atoms. The summed E-state index contributed by atoms with van der Waals surface area (Å²) in [5, 5.41) is 6.60. The van der Waals surface area contributed by atoms with Crippen molar-refractivity contribution in [3.63, 3.8) is 0 Å². The van der Waals surface area contributed by atoms with Gasteiger partial charge in [0.1, 0.15) is 5.75 Å². The van der Waals surface area contributed by atoms with Crippen LogP contribution >= 0.6 is 0 Å². The predicted octanol–water partition coefficient (Wildman–Crippen LogP) is 3.72. The second-order valence-corrected chi connectivity index (χ2v) is 5.88. The number of hydrogen-bond donors (Lipinski definition) is 2. The molecule has 0 saturated carbocycles. The number of benzene rings is 2. The molecule has 0 unspecified atom stereocenters. The zero-order chi connectivity index (χ0) is 19.5. The molecule has 2 N–H and O–H groups in total. The van der Waals surface area contributed by atoms with Gasteiger partial charge in [-0.15, -0.1) is 0 Å². The van der Waals surface area contributed by atoms with Crippen LogP contribution in [0.5, 0.6) is 17.2 Å². The number of aliphatic imine (C=N–C) groups is 1. The van der Waals surface area contributed by atoms with Gasteiger partial charge in [-0.3, -0.25) is 4.99 Å². The first-order valence-corrected chi connectivity index (χ1v) is 9.11. The Bertz CT molecular complexity index is 747. The summed E-state index contributed by atoms with van der Waals surface area (Å²) in [7, 11) is 5.07. The molecule has 0 amide bonds. The lowest BCUT2D eigenvalue weighted by atomic mass is 10.1. The first-order chi connectivity index (χ1) is 13.2. The van der Waals surface area contributed by atoms with Gasteiger partial charge in [-0.1, -0.05) is 12.1 Å². The number of anilines is 1. The molecular weight excluding hydrogens is 342 g/mol. The summed E-state index contributed by atoms with van der Waals surface area (Å²) in [6.45, 7) is 3.35. The van der Waals surface area contributed by atoms with E-state index < -0.39 is 0 Å². The van der Waals surface area contributed by atoms with Crippen LogP contribution in [0.3, 0.4) is 0 Å². The van der Waals surface area contributed by atoms with Crippen LogP contribution in [0.2, 0.25) is 0 Å². The summed E-state index contributed by atoms with van der Waals surface area (Å²) in [6.07, 6.45) is 1.96. The molecule has 0 fully saturated rings. The van der Waals surface area contributed by atoms with Crippen LogP contribution in [-0.4, -0.2) is 40.4 Å². The van der Waals surface area contributed by atoms with Gasteiger partial charge >= 0.3 is 0 Å². The Balaban J connectivity index is 1.85. The van der Waals surface area contributed by atoms with Gasteiger partial charge in [0.15, 0.2) is 17.5 Å². The monoisotopic (exact) mass is 371 g/mol. The molecule has 0 aliphatic heterocycles.